The molecule has 4 nitrogen and oxygen atoms in total. The van der Waals surface area contributed by atoms with Crippen molar-refractivity contribution in [3.05, 3.63) is 21.3 Å². The van der Waals surface area contributed by atoms with Crippen molar-refractivity contribution in [2.75, 3.05) is 6.54 Å². The monoisotopic (exact) mass is 289 g/mol. The number of carboxylic acid groups (broad SMARTS) is 1. The topological polar surface area (TPSA) is 66.4 Å². The molecule has 0 spiro atoms. The van der Waals surface area contributed by atoms with Crippen molar-refractivity contribution < 1.29 is 14.7 Å². The smallest absolute Gasteiger partial charge is 0.310 e. The van der Waals surface area contributed by atoms with Gasteiger partial charge >= 0.3 is 5.97 Å². The van der Waals surface area contributed by atoms with Gasteiger partial charge in [0.2, 0.25) is 5.91 Å². The fraction of sp³-hybridized carbons (Fsp3) is 0.500. The number of carbonyl (C=O) groups excluding carboxylic acids is 1. The van der Waals surface area contributed by atoms with Crippen molar-refractivity contribution in [1.82, 2.24) is 5.32 Å². The fourth-order valence-electron chi connectivity index (χ4n) is 1.21. The lowest BCUT2D eigenvalue weighted by Gasteiger charge is -2.19. The predicted octanol–water partition coefficient (Wildman–Crippen LogP) is 2.56. The third-order valence-corrected chi connectivity index (χ3v) is 3.82. The average Bonchev–Trinajstić information content (AvgIpc) is 2.69. The molecule has 1 aromatic heterocycles. The van der Waals surface area contributed by atoms with Gasteiger partial charge in [-0.1, -0.05) is 11.6 Å². The maximum Gasteiger partial charge on any atom is 0.310 e. The number of amides is 1. The molecule has 0 saturated heterocycles. The van der Waals surface area contributed by atoms with E-state index < -0.39 is 11.4 Å². The highest BCUT2D eigenvalue weighted by atomic mass is 35.5. The maximum absolute atomic E-state index is 11.6. The van der Waals surface area contributed by atoms with E-state index in [1.165, 1.54) is 11.3 Å². The SMILES string of the molecule is CC(C)(CNC(=O)CCc1ccc(Cl)s1)C(=O)O. The summed E-state index contributed by atoms with van der Waals surface area (Å²) in [5, 5.41) is 11.5. The van der Waals surface area contributed by atoms with Gasteiger partial charge < -0.3 is 10.4 Å². The molecule has 0 unspecified atom stereocenters. The van der Waals surface area contributed by atoms with Crippen LogP contribution in [0.25, 0.3) is 0 Å². The number of aliphatic carboxylic acids is 1. The van der Waals surface area contributed by atoms with E-state index in [9.17, 15) is 9.59 Å². The van der Waals surface area contributed by atoms with Crippen LogP contribution in [0, 0.1) is 5.41 Å². The molecular weight excluding hydrogens is 274 g/mol. The Hall–Kier alpha value is -1.07. The largest absolute Gasteiger partial charge is 0.481 e. The summed E-state index contributed by atoms with van der Waals surface area (Å²) in [6.45, 7) is 3.29. The lowest BCUT2D eigenvalue weighted by atomic mass is 9.94. The first-order valence-corrected chi connectivity index (χ1v) is 6.75. The molecule has 0 bridgehead atoms. The Kier molecular flexibility index (Phi) is 5.16. The standard InChI is InChI=1S/C12H16ClNO3S/c1-12(2,11(16)17)7-14-10(15)6-4-8-3-5-9(13)18-8/h3,5H,4,6-7H2,1-2H3,(H,14,15)(H,16,17). The summed E-state index contributed by atoms with van der Waals surface area (Å²) in [4.78, 5) is 23.5. The van der Waals surface area contributed by atoms with Crippen molar-refractivity contribution in [1.29, 1.82) is 0 Å². The summed E-state index contributed by atoms with van der Waals surface area (Å²) >= 11 is 7.23. The molecule has 1 rings (SSSR count). The van der Waals surface area contributed by atoms with Crippen LogP contribution in [-0.2, 0) is 16.0 Å². The maximum atomic E-state index is 11.6. The number of aryl methyl sites for hydroxylation is 1. The van der Waals surface area contributed by atoms with Crippen LogP contribution in [0.4, 0.5) is 0 Å². The van der Waals surface area contributed by atoms with Crippen molar-refractivity contribution in [3.8, 4) is 0 Å². The van der Waals surface area contributed by atoms with Gasteiger partial charge in [0.1, 0.15) is 0 Å². The summed E-state index contributed by atoms with van der Waals surface area (Å²) in [7, 11) is 0. The van der Waals surface area contributed by atoms with Crippen LogP contribution in [-0.4, -0.2) is 23.5 Å². The first-order valence-electron chi connectivity index (χ1n) is 5.55. The zero-order chi connectivity index (χ0) is 13.8. The second-order valence-corrected chi connectivity index (χ2v) is 6.47. The molecule has 2 N–H and O–H groups in total. The molecule has 100 valence electrons. The molecule has 0 atom stereocenters. The normalized spacial score (nSPS) is 11.3. The molecule has 0 fully saturated rings. The summed E-state index contributed by atoms with van der Waals surface area (Å²) < 4.78 is 0.706. The number of hydrogen-bond acceptors (Lipinski definition) is 3. The Balaban J connectivity index is 2.32. The number of halogens is 1. The Morgan fingerprint density at radius 3 is 2.61 bits per heavy atom. The molecule has 6 heteroatoms. The highest BCUT2D eigenvalue weighted by molar-refractivity contribution is 7.16. The van der Waals surface area contributed by atoms with Gasteiger partial charge in [-0.25, -0.2) is 0 Å². The zero-order valence-electron chi connectivity index (χ0n) is 10.3. The van der Waals surface area contributed by atoms with Crippen molar-refractivity contribution in [2.24, 2.45) is 5.41 Å². The highest BCUT2D eigenvalue weighted by Gasteiger charge is 2.27. The van der Waals surface area contributed by atoms with E-state index in [-0.39, 0.29) is 12.5 Å². The molecular formula is C12H16ClNO3S. The van der Waals surface area contributed by atoms with Crippen LogP contribution in [0.1, 0.15) is 25.1 Å². The van der Waals surface area contributed by atoms with Crippen LogP contribution in [0.5, 0.6) is 0 Å². The van der Waals surface area contributed by atoms with Crippen molar-refractivity contribution >= 4 is 34.8 Å². The summed E-state index contributed by atoms with van der Waals surface area (Å²) in [5.74, 6) is -1.07. The van der Waals surface area contributed by atoms with Crippen molar-refractivity contribution in [3.63, 3.8) is 0 Å². The summed E-state index contributed by atoms with van der Waals surface area (Å²) in [5.41, 5.74) is -0.943. The van der Waals surface area contributed by atoms with E-state index in [0.717, 1.165) is 4.88 Å². The summed E-state index contributed by atoms with van der Waals surface area (Å²) in [6, 6.07) is 3.69. The van der Waals surface area contributed by atoms with Gasteiger partial charge in [-0.3, -0.25) is 9.59 Å². The first-order chi connectivity index (χ1) is 8.31. The Labute approximate surface area is 115 Å². The molecule has 0 radical (unpaired) electrons. The molecule has 0 aliphatic carbocycles. The predicted molar refractivity (Wildman–Crippen MR) is 72.1 cm³/mol. The van der Waals surface area contributed by atoms with E-state index in [0.29, 0.717) is 17.2 Å². The highest BCUT2D eigenvalue weighted by Crippen LogP contribution is 2.22. The second-order valence-electron chi connectivity index (χ2n) is 4.67. The molecule has 0 aliphatic rings. The molecule has 1 heterocycles. The van der Waals surface area contributed by atoms with Crippen LogP contribution < -0.4 is 5.32 Å². The quantitative estimate of drug-likeness (QED) is 0.846. The minimum atomic E-state index is -0.943. The second kappa shape index (κ2) is 6.20. The van der Waals surface area contributed by atoms with Gasteiger partial charge in [0.15, 0.2) is 0 Å². The van der Waals surface area contributed by atoms with Crippen molar-refractivity contribution in [2.45, 2.75) is 26.7 Å². The van der Waals surface area contributed by atoms with E-state index in [1.807, 2.05) is 6.07 Å². The first kappa shape index (κ1) is 15.0. The van der Waals surface area contributed by atoms with E-state index in [1.54, 1.807) is 19.9 Å². The molecule has 0 saturated carbocycles. The Bertz CT molecular complexity index is 442. The number of carboxylic acids is 1. The minimum absolute atomic E-state index is 0.131. The third-order valence-electron chi connectivity index (χ3n) is 2.53. The van der Waals surface area contributed by atoms with Crippen LogP contribution >= 0.6 is 22.9 Å². The number of thiophene rings is 1. The zero-order valence-corrected chi connectivity index (χ0v) is 11.9. The van der Waals surface area contributed by atoms with Crippen LogP contribution in [0.3, 0.4) is 0 Å². The van der Waals surface area contributed by atoms with Gasteiger partial charge in [-0.2, -0.15) is 0 Å². The Morgan fingerprint density at radius 2 is 2.11 bits per heavy atom. The van der Waals surface area contributed by atoms with Gasteiger partial charge in [-0.15, -0.1) is 11.3 Å². The molecule has 1 amide bonds. The lowest BCUT2D eigenvalue weighted by Crippen LogP contribution is -2.38. The number of carbonyl (C=O) groups is 2. The van der Waals surface area contributed by atoms with Crippen LogP contribution in [0.15, 0.2) is 12.1 Å². The fourth-order valence-corrected chi connectivity index (χ4v) is 2.29. The average molecular weight is 290 g/mol. The molecule has 0 aromatic carbocycles. The Morgan fingerprint density at radius 1 is 1.44 bits per heavy atom. The van der Waals surface area contributed by atoms with E-state index in [4.69, 9.17) is 16.7 Å². The number of rotatable bonds is 6. The molecule has 1 aromatic rings. The minimum Gasteiger partial charge on any atom is -0.481 e. The van der Waals surface area contributed by atoms with Gasteiger partial charge in [-0.05, 0) is 32.4 Å². The van der Waals surface area contributed by atoms with Gasteiger partial charge in [0.05, 0.1) is 9.75 Å². The van der Waals surface area contributed by atoms with E-state index in [2.05, 4.69) is 5.32 Å². The molecule has 0 aliphatic heterocycles. The van der Waals surface area contributed by atoms with Gasteiger partial charge in [0.25, 0.3) is 0 Å². The third kappa shape index (κ3) is 4.66. The molecule has 18 heavy (non-hydrogen) atoms. The van der Waals surface area contributed by atoms with Gasteiger partial charge in [0, 0.05) is 17.8 Å². The number of nitrogens with one attached hydrogen (secondary N) is 1. The summed E-state index contributed by atoms with van der Waals surface area (Å²) in [6.07, 6.45) is 0.962. The lowest BCUT2D eigenvalue weighted by molar-refractivity contribution is -0.146. The number of hydrogen-bond donors (Lipinski definition) is 2. The van der Waals surface area contributed by atoms with E-state index >= 15 is 0 Å². The van der Waals surface area contributed by atoms with Crippen LogP contribution in [0.2, 0.25) is 4.34 Å².